The smallest absolute Gasteiger partial charge is 0.255 e. The van der Waals surface area contributed by atoms with Crippen molar-refractivity contribution in [3.63, 3.8) is 0 Å². The minimum Gasteiger partial charge on any atom is -0.393 e. The molecular formula is C20H20F4N2O4S. The zero-order valence-electron chi connectivity index (χ0n) is 16.4. The maximum Gasteiger partial charge on any atom is 0.255 e. The van der Waals surface area contributed by atoms with Crippen molar-refractivity contribution in [2.75, 3.05) is 18.4 Å². The number of amides is 1. The summed E-state index contributed by atoms with van der Waals surface area (Å²) >= 11 is 0. The first-order valence-corrected chi connectivity index (χ1v) is 10.9. The van der Waals surface area contributed by atoms with Gasteiger partial charge in [0.2, 0.25) is 10.0 Å². The van der Waals surface area contributed by atoms with Gasteiger partial charge in [0.1, 0.15) is 10.7 Å². The Morgan fingerprint density at radius 3 is 2.39 bits per heavy atom. The van der Waals surface area contributed by atoms with E-state index in [2.05, 4.69) is 5.32 Å². The van der Waals surface area contributed by atoms with Crippen LogP contribution in [0, 0.1) is 29.2 Å². The molecule has 2 aromatic rings. The fourth-order valence-corrected chi connectivity index (χ4v) is 5.08. The normalized spacial score (nSPS) is 20.3. The van der Waals surface area contributed by atoms with Gasteiger partial charge in [-0.2, -0.15) is 4.31 Å². The molecule has 0 aromatic heterocycles. The summed E-state index contributed by atoms with van der Waals surface area (Å²) in [6.45, 7) is 1.82. The molecular weight excluding hydrogens is 440 g/mol. The van der Waals surface area contributed by atoms with Crippen LogP contribution in [-0.2, 0) is 10.0 Å². The van der Waals surface area contributed by atoms with Crippen LogP contribution in [-0.4, -0.2) is 42.9 Å². The maximum absolute atomic E-state index is 14.4. The van der Waals surface area contributed by atoms with Crippen LogP contribution in [0.25, 0.3) is 0 Å². The molecule has 0 radical (unpaired) electrons. The second kappa shape index (κ2) is 8.93. The summed E-state index contributed by atoms with van der Waals surface area (Å²) in [5, 5.41) is 12.0. The molecule has 2 atom stereocenters. The Balaban J connectivity index is 1.89. The number of benzene rings is 2. The summed E-state index contributed by atoms with van der Waals surface area (Å²) in [7, 11) is -4.32. The molecule has 31 heavy (non-hydrogen) atoms. The van der Waals surface area contributed by atoms with E-state index in [1.807, 2.05) is 0 Å². The number of rotatable bonds is 4. The number of nitrogens with one attached hydrogen (secondary N) is 1. The molecule has 0 bridgehead atoms. The van der Waals surface area contributed by atoms with Crippen molar-refractivity contribution >= 4 is 21.6 Å². The van der Waals surface area contributed by atoms with E-state index < -0.39 is 55.9 Å². The van der Waals surface area contributed by atoms with Crippen LogP contribution < -0.4 is 5.32 Å². The molecule has 6 nitrogen and oxygen atoms in total. The standard InChI is InChI=1S/C20H20F4N2O4S/c1-11-6-14(27)4-5-26(10-11)31(29,30)18-7-12(2-3-15(18)21)20(28)25-13-8-16(22)19(24)17(23)9-13/h2-3,7-9,11,14,27H,4-6,10H2,1H3,(H,25,28). The number of aliphatic hydroxyl groups excluding tert-OH is 1. The summed E-state index contributed by atoms with van der Waals surface area (Å²) in [4.78, 5) is 11.7. The zero-order valence-corrected chi connectivity index (χ0v) is 17.2. The van der Waals surface area contributed by atoms with E-state index in [-0.39, 0.29) is 31.0 Å². The van der Waals surface area contributed by atoms with Gasteiger partial charge in [-0.15, -0.1) is 0 Å². The minimum absolute atomic E-state index is 0.0160. The van der Waals surface area contributed by atoms with Crippen molar-refractivity contribution < 1.29 is 35.9 Å². The van der Waals surface area contributed by atoms with Gasteiger partial charge in [0, 0.05) is 36.5 Å². The molecule has 1 aliphatic rings. The fourth-order valence-electron chi connectivity index (χ4n) is 3.42. The molecule has 0 aliphatic carbocycles. The van der Waals surface area contributed by atoms with Crippen molar-refractivity contribution in [2.24, 2.45) is 5.92 Å². The third-order valence-electron chi connectivity index (χ3n) is 4.95. The van der Waals surface area contributed by atoms with E-state index in [9.17, 15) is 35.9 Å². The molecule has 168 valence electrons. The SMILES string of the molecule is CC1CC(O)CCN(S(=O)(=O)c2cc(C(=O)Nc3cc(F)c(F)c(F)c3)ccc2F)C1. The number of carbonyl (C=O) groups is 1. The topological polar surface area (TPSA) is 86.7 Å². The van der Waals surface area contributed by atoms with Crippen molar-refractivity contribution in [3.05, 3.63) is 59.2 Å². The van der Waals surface area contributed by atoms with Gasteiger partial charge in [-0.1, -0.05) is 6.92 Å². The highest BCUT2D eigenvalue weighted by molar-refractivity contribution is 7.89. The highest BCUT2D eigenvalue weighted by atomic mass is 32.2. The van der Waals surface area contributed by atoms with Crippen LogP contribution in [0.15, 0.2) is 35.2 Å². The molecule has 0 spiro atoms. The average Bonchev–Trinajstić information content (AvgIpc) is 2.86. The van der Waals surface area contributed by atoms with Crippen LogP contribution in [0.5, 0.6) is 0 Å². The van der Waals surface area contributed by atoms with Crippen LogP contribution in [0.4, 0.5) is 23.2 Å². The Labute approximate surface area is 176 Å². The Morgan fingerprint density at radius 1 is 1.10 bits per heavy atom. The lowest BCUT2D eigenvalue weighted by Gasteiger charge is -2.22. The van der Waals surface area contributed by atoms with E-state index in [0.717, 1.165) is 22.5 Å². The molecule has 2 unspecified atom stereocenters. The van der Waals surface area contributed by atoms with Crippen LogP contribution in [0.2, 0.25) is 0 Å². The number of nitrogens with zero attached hydrogens (tertiary/aromatic N) is 1. The Morgan fingerprint density at radius 2 is 1.74 bits per heavy atom. The highest BCUT2D eigenvalue weighted by Crippen LogP contribution is 2.26. The number of hydrogen-bond acceptors (Lipinski definition) is 4. The van der Waals surface area contributed by atoms with Crippen LogP contribution >= 0.6 is 0 Å². The van der Waals surface area contributed by atoms with Gasteiger partial charge >= 0.3 is 0 Å². The third kappa shape index (κ3) is 5.05. The number of hydrogen-bond donors (Lipinski definition) is 2. The highest BCUT2D eigenvalue weighted by Gasteiger charge is 2.32. The van der Waals surface area contributed by atoms with Crippen LogP contribution in [0.1, 0.15) is 30.1 Å². The van der Waals surface area contributed by atoms with Gasteiger partial charge in [-0.3, -0.25) is 4.79 Å². The third-order valence-corrected chi connectivity index (χ3v) is 6.83. The molecule has 1 fully saturated rings. The number of sulfonamides is 1. The summed E-state index contributed by atoms with van der Waals surface area (Å²) in [5.74, 6) is -6.95. The predicted molar refractivity (Wildman–Crippen MR) is 104 cm³/mol. The summed E-state index contributed by atoms with van der Waals surface area (Å²) in [5.41, 5.74) is -0.682. The van der Waals surface area contributed by atoms with Gasteiger partial charge < -0.3 is 10.4 Å². The van der Waals surface area contributed by atoms with Crippen molar-refractivity contribution in [1.29, 1.82) is 0 Å². The lowest BCUT2D eigenvalue weighted by molar-refractivity contribution is 0.102. The number of halogens is 4. The van der Waals surface area contributed by atoms with Gasteiger partial charge in [-0.25, -0.2) is 26.0 Å². The Hall–Kier alpha value is -2.50. The molecule has 2 N–H and O–H groups in total. The first kappa shape index (κ1) is 23.2. The van der Waals surface area contributed by atoms with E-state index in [1.54, 1.807) is 6.92 Å². The quantitative estimate of drug-likeness (QED) is 0.542. The second-order valence-electron chi connectivity index (χ2n) is 7.50. The van der Waals surface area contributed by atoms with E-state index in [0.29, 0.717) is 18.6 Å². The molecule has 2 aromatic carbocycles. The predicted octanol–water partition coefficient (Wildman–Crippen LogP) is 3.28. The van der Waals surface area contributed by atoms with Gasteiger partial charge in [0.25, 0.3) is 5.91 Å². The van der Waals surface area contributed by atoms with E-state index in [4.69, 9.17) is 0 Å². The lowest BCUT2D eigenvalue weighted by atomic mass is 10.0. The molecule has 3 rings (SSSR count). The van der Waals surface area contributed by atoms with Crippen molar-refractivity contribution in [1.82, 2.24) is 4.31 Å². The van der Waals surface area contributed by atoms with Gasteiger partial charge in [0.15, 0.2) is 17.5 Å². The fraction of sp³-hybridized carbons (Fsp3) is 0.350. The summed E-state index contributed by atoms with van der Waals surface area (Å²) in [6, 6.07) is 3.74. The number of aliphatic hydroxyl groups is 1. The first-order chi connectivity index (χ1) is 14.5. The van der Waals surface area contributed by atoms with Crippen molar-refractivity contribution in [3.8, 4) is 0 Å². The van der Waals surface area contributed by atoms with Crippen molar-refractivity contribution in [2.45, 2.75) is 30.8 Å². The Kier molecular flexibility index (Phi) is 6.68. The summed E-state index contributed by atoms with van der Waals surface area (Å²) in [6.07, 6.45) is -0.0805. The Bertz CT molecular complexity index is 1090. The number of anilines is 1. The van der Waals surface area contributed by atoms with Crippen LogP contribution in [0.3, 0.4) is 0 Å². The monoisotopic (exact) mass is 460 g/mol. The number of carbonyl (C=O) groups excluding carboxylic acids is 1. The zero-order chi connectivity index (χ0) is 22.9. The maximum atomic E-state index is 14.4. The minimum atomic E-state index is -4.32. The lowest BCUT2D eigenvalue weighted by Crippen LogP contribution is -2.34. The summed E-state index contributed by atoms with van der Waals surface area (Å²) < 4.78 is 81.2. The van der Waals surface area contributed by atoms with E-state index in [1.165, 1.54) is 0 Å². The first-order valence-electron chi connectivity index (χ1n) is 9.42. The molecule has 0 saturated carbocycles. The molecule has 1 aliphatic heterocycles. The van der Waals surface area contributed by atoms with Gasteiger partial charge in [0.05, 0.1) is 6.10 Å². The van der Waals surface area contributed by atoms with Gasteiger partial charge in [-0.05, 0) is 37.0 Å². The molecule has 1 heterocycles. The molecule has 1 saturated heterocycles. The average molecular weight is 460 g/mol. The largest absolute Gasteiger partial charge is 0.393 e. The molecule has 1 amide bonds. The molecule has 11 heteroatoms. The second-order valence-corrected chi connectivity index (χ2v) is 9.41. The van der Waals surface area contributed by atoms with E-state index >= 15 is 0 Å².